The highest BCUT2D eigenvalue weighted by molar-refractivity contribution is 5.94. The van der Waals surface area contributed by atoms with Crippen molar-refractivity contribution in [3.05, 3.63) is 77.5 Å². The van der Waals surface area contributed by atoms with Crippen LogP contribution < -0.4 is 5.32 Å². The molecule has 3 atom stereocenters. The summed E-state index contributed by atoms with van der Waals surface area (Å²) in [6.45, 7) is 4.58. The van der Waals surface area contributed by atoms with E-state index in [9.17, 15) is 4.79 Å². The molecule has 0 spiro atoms. The van der Waals surface area contributed by atoms with Crippen LogP contribution in [0.2, 0.25) is 0 Å². The Morgan fingerprint density at radius 2 is 1.66 bits per heavy atom. The Hall–Kier alpha value is -2.81. The summed E-state index contributed by atoms with van der Waals surface area (Å²) in [6.07, 6.45) is 8.34. The summed E-state index contributed by atoms with van der Waals surface area (Å²) in [5.41, 5.74) is 7.28. The predicted molar refractivity (Wildman–Crippen MR) is 131 cm³/mol. The normalized spacial score (nSPS) is 22.9. The van der Waals surface area contributed by atoms with Crippen molar-refractivity contribution in [1.29, 1.82) is 0 Å². The molecule has 2 aliphatic carbocycles. The van der Waals surface area contributed by atoms with Gasteiger partial charge in [0, 0.05) is 23.0 Å². The molecule has 2 aliphatic rings. The molecular weight excluding hydrogens is 392 g/mol. The lowest BCUT2D eigenvalue weighted by atomic mass is 9.78. The van der Waals surface area contributed by atoms with Gasteiger partial charge in [-0.25, -0.2) is 0 Å². The molecule has 0 radical (unpaired) electrons. The molecule has 0 unspecified atom stereocenters. The molecule has 0 saturated heterocycles. The summed E-state index contributed by atoms with van der Waals surface area (Å²) in [7, 11) is 0. The molecule has 3 nitrogen and oxygen atoms in total. The zero-order chi connectivity index (χ0) is 22.1. The SMILES string of the molecule is C[C@@H]1[C@H](C)CCC[C@@H]1NC(=O)c1ccc(-n2c(-c3ccccc3)cc3c2CCCC3)cc1. The Morgan fingerprint density at radius 1 is 0.906 bits per heavy atom. The van der Waals surface area contributed by atoms with Gasteiger partial charge in [0.15, 0.2) is 0 Å². The van der Waals surface area contributed by atoms with Crippen molar-refractivity contribution < 1.29 is 4.79 Å². The Balaban J connectivity index is 1.43. The average Bonchev–Trinajstić information content (AvgIpc) is 3.22. The second-order valence-electron chi connectivity index (χ2n) is 9.80. The lowest BCUT2D eigenvalue weighted by Gasteiger charge is -2.34. The number of aromatic nitrogens is 1. The highest BCUT2D eigenvalue weighted by atomic mass is 16.1. The van der Waals surface area contributed by atoms with Crippen molar-refractivity contribution in [3.8, 4) is 16.9 Å². The summed E-state index contributed by atoms with van der Waals surface area (Å²) in [5.74, 6) is 1.26. The second-order valence-corrected chi connectivity index (χ2v) is 9.80. The molecular formula is C29H34N2O. The topological polar surface area (TPSA) is 34.0 Å². The third-order valence-electron chi connectivity index (χ3n) is 7.78. The summed E-state index contributed by atoms with van der Waals surface area (Å²) in [5, 5.41) is 3.31. The van der Waals surface area contributed by atoms with E-state index >= 15 is 0 Å². The van der Waals surface area contributed by atoms with Gasteiger partial charge in [-0.1, -0.05) is 57.0 Å². The van der Waals surface area contributed by atoms with E-state index in [0.29, 0.717) is 11.8 Å². The zero-order valence-electron chi connectivity index (χ0n) is 19.3. The molecule has 1 amide bonds. The maximum absolute atomic E-state index is 13.0. The van der Waals surface area contributed by atoms with Crippen LogP contribution in [0.5, 0.6) is 0 Å². The lowest BCUT2D eigenvalue weighted by molar-refractivity contribution is 0.0891. The van der Waals surface area contributed by atoms with Gasteiger partial charge in [0.2, 0.25) is 0 Å². The van der Waals surface area contributed by atoms with Gasteiger partial charge in [-0.2, -0.15) is 0 Å². The third-order valence-corrected chi connectivity index (χ3v) is 7.78. The molecule has 3 heteroatoms. The van der Waals surface area contributed by atoms with Crippen LogP contribution in [0.15, 0.2) is 60.7 Å². The Labute approximate surface area is 191 Å². The monoisotopic (exact) mass is 426 g/mol. The van der Waals surface area contributed by atoms with Crippen LogP contribution in [0.3, 0.4) is 0 Å². The van der Waals surface area contributed by atoms with Crippen LogP contribution in [0.4, 0.5) is 0 Å². The number of aryl methyl sites for hydroxylation is 1. The molecule has 0 aliphatic heterocycles. The van der Waals surface area contributed by atoms with Crippen LogP contribution in [0, 0.1) is 11.8 Å². The zero-order valence-corrected chi connectivity index (χ0v) is 19.3. The summed E-state index contributed by atoms with van der Waals surface area (Å²) < 4.78 is 2.41. The fraction of sp³-hybridized carbons (Fsp3) is 0.414. The van der Waals surface area contributed by atoms with Crippen molar-refractivity contribution >= 4 is 5.91 Å². The maximum Gasteiger partial charge on any atom is 0.251 e. The first-order valence-corrected chi connectivity index (χ1v) is 12.3. The van der Waals surface area contributed by atoms with Gasteiger partial charge >= 0.3 is 0 Å². The van der Waals surface area contributed by atoms with Gasteiger partial charge < -0.3 is 9.88 Å². The van der Waals surface area contributed by atoms with Crippen LogP contribution in [-0.4, -0.2) is 16.5 Å². The van der Waals surface area contributed by atoms with Crippen molar-refractivity contribution in [2.24, 2.45) is 11.8 Å². The van der Waals surface area contributed by atoms with E-state index in [1.165, 1.54) is 48.2 Å². The number of fused-ring (bicyclic) bond motifs is 1. The number of carbonyl (C=O) groups is 1. The van der Waals surface area contributed by atoms with E-state index in [2.05, 4.69) is 72.3 Å². The standard InChI is InChI=1S/C29H34N2O/c1-20-9-8-13-26(21(20)2)30-29(32)23-15-17-25(18-16-23)31-27-14-7-6-12-24(27)19-28(31)22-10-4-3-5-11-22/h3-5,10-11,15-21,26H,6-9,12-14H2,1-2H3,(H,30,32)/t20-,21-,26+/m1/s1. The van der Waals surface area contributed by atoms with Crippen molar-refractivity contribution in [1.82, 2.24) is 9.88 Å². The third kappa shape index (κ3) is 4.01. The first-order chi connectivity index (χ1) is 15.6. The minimum atomic E-state index is 0.0558. The average molecular weight is 427 g/mol. The lowest BCUT2D eigenvalue weighted by Crippen LogP contribution is -2.43. The van der Waals surface area contributed by atoms with E-state index in [1.54, 1.807) is 0 Å². The van der Waals surface area contributed by atoms with E-state index in [1.807, 2.05) is 12.1 Å². The second kappa shape index (κ2) is 8.97. The largest absolute Gasteiger partial charge is 0.349 e. The van der Waals surface area contributed by atoms with E-state index in [-0.39, 0.29) is 11.9 Å². The fourth-order valence-electron chi connectivity index (χ4n) is 5.61. The smallest absolute Gasteiger partial charge is 0.251 e. The van der Waals surface area contributed by atoms with Crippen LogP contribution >= 0.6 is 0 Å². The van der Waals surface area contributed by atoms with E-state index < -0.39 is 0 Å². The highest BCUT2D eigenvalue weighted by Crippen LogP contribution is 2.34. The van der Waals surface area contributed by atoms with E-state index in [0.717, 1.165) is 30.5 Å². The molecule has 1 saturated carbocycles. The predicted octanol–water partition coefficient (Wildman–Crippen LogP) is 6.58. The summed E-state index contributed by atoms with van der Waals surface area (Å²) in [4.78, 5) is 13.0. The van der Waals surface area contributed by atoms with Gasteiger partial charge in [-0.3, -0.25) is 4.79 Å². The van der Waals surface area contributed by atoms with Crippen molar-refractivity contribution in [2.75, 3.05) is 0 Å². The quantitative estimate of drug-likeness (QED) is 0.502. The maximum atomic E-state index is 13.0. The molecule has 1 N–H and O–H groups in total. The minimum absolute atomic E-state index is 0.0558. The first-order valence-electron chi connectivity index (χ1n) is 12.3. The molecule has 1 aromatic heterocycles. The van der Waals surface area contributed by atoms with Gasteiger partial charge in [0.25, 0.3) is 5.91 Å². The highest BCUT2D eigenvalue weighted by Gasteiger charge is 2.28. The molecule has 0 bridgehead atoms. The number of nitrogens with one attached hydrogen (secondary N) is 1. The number of hydrogen-bond acceptors (Lipinski definition) is 1. The van der Waals surface area contributed by atoms with Gasteiger partial charge in [0.1, 0.15) is 0 Å². The van der Waals surface area contributed by atoms with Crippen LogP contribution in [0.1, 0.15) is 67.6 Å². The molecule has 2 aromatic carbocycles. The van der Waals surface area contributed by atoms with Crippen molar-refractivity contribution in [3.63, 3.8) is 0 Å². The number of amides is 1. The Morgan fingerprint density at radius 3 is 2.44 bits per heavy atom. The van der Waals surface area contributed by atoms with E-state index in [4.69, 9.17) is 0 Å². The Bertz CT molecular complexity index is 1080. The molecule has 1 heterocycles. The van der Waals surface area contributed by atoms with Gasteiger partial charge in [-0.05, 0) is 85.4 Å². The molecule has 166 valence electrons. The molecule has 3 aromatic rings. The van der Waals surface area contributed by atoms with Gasteiger partial charge in [-0.15, -0.1) is 0 Å². The first kappa shape index (κ1) is 21.1. The molecule has 5 rings (SSSR count). The number of benzene rings is 2. The minimum Gasteiger partial charge on any atom is -0.349 e. The number of nitrogens with zero attached hydrogens (tertiary/aromatic N) is 1. The van der Waals surface area contributed by atoms with Crippen LogP contribution in [-0.2, 0) is 12.8 Å². The van der Waals surface area contributed by atoms with Gasteiger partial charge in [0.05, 0.1) is 5.69 Å². The van der Waals surface area contributed by atoms with Crippen molar-refractivity contribution in [2.45, 2.75) is 64.8 Å². The number of carbonyl (C=O) groups excluding carboxylic acids is 1. The molecule has 1 fully saturated rings. The Kier molecular flexibility index (Phi) is 5.91. The summed E-state index contributed by atoms with van der Waals surface area (Å²) >= 11 is 0. The summed E-state index contributed by atoms with van der Waals surface area (Å²) in [6, 6.07) is 21.5. The number of rotatable bonds is 4. The molecule has 32 heavy (non-hydrogen) atoms. The number of hydrogen-bond donors (Lipinski definition) is 1. The fourth-order valence-corrected chi connectivity index (χ4v) is 5.61. The van der Waals surface area contributed by atoms with Crippen LogP contribution in [0.25, 0.3) is 16.9 Å².